The average Bonchev–Trinajstić information content (AvgIpc) is 2.28. The van der Waals surface area contributed by atoms with Crippen molar-refractivity contribution < 1.29 is 13.3 Å². The van der Waals surface area contributed by atoms with E-state index in [0.29, 0.717) is 23.7 Å². The first-order valence-electron chi connectivity index (χ1n) is 5.48. The second-order valence-electron chi connectivity index (χ2n) is 4.40. The van der Waals surface area contributed by atoms with Crippen molar-refractivity contribution in [3.05, 3.63) is 38.9 Å². The number of non-ortho nitro benzene ring substituents is 1. The summed E-state index contributed by atoms with van der Waals surface area (Å²) in [5, 5.41) is 11.1. The first-order valence-corrected chi connectivity index (χ1v) is 7.92. The zero-order valence-corrected chi connectivity index (χ0v) is 12.2. The molecule has 0 unspecified atom stereocenters. The molecule has 6 nitrogen and oxygen atoms in total. The fourth-order valence-electron chi connectivity index (χ4n) is 1.49. The highest BCUT2D eigenvalue weighted by molar-refractivity contribution is 7.90. The molecule has 0 saturated carbocycles. The highest BCUT2D eigenvalue weighted by Gasteiger charge is 2.12. The van der Waals surface area contributed by atoms with Gasteiger partial charge in [-0.25, -0.2) is 8.42 Å². The number of hydrogen-bond acceptors (Lipinski definition) is 5. The van der Waals surface area contributed by atoms with Crippen molar-refractivity contribution in [2.75, 3.05) is 25.6 Å². The number of sulfone groups is 1. The molecule has 0 spiro atoms. The third-order valence-corrected chi connectivity index (χ3v) is 3.82. The Hall–Kier alpha value is -1.18. The Morgan fingerprint density at radius 2 is 2.05 bits per heavy atom. The second-order valence-corrected chi connectivity index (χ2v) is 7.07. The van der Waals surface area contributed by atoms with Gasteiger partial charge in [0, 0.05) is 36.5 Å². The molecule has 19 heavy (non-hydrogen) atoms. The summed E-state index contributed by atoms with van der Waals surface area (Å²) in [6.07, 6.45) is 1.17. The molecule has 0 bridgehead atoms. The zero-order valence-electron chi connectivity index (χ0n) is 10.7. The standard InChI is InChI=1S/C11H15ClN2O4S/c1-13(5-6-19(2,17)18)8-9-7-10(14(15)16)3-4-11(9)12/h3-4,7H,5-6,8H2,1-2H3. The smallest absolute Gasteiger partial charge is 0.269 e. The zero-order chi connectivity index (χ0) is 14.6. The maximum Gasteiger partial charge on any atom is 0.269 e. The Balaban J connectivity index is 2.75. The van der Waals surface area contributed by atoms with E-state index >= 15 is 0 Å². The molecule has 0 aliphatic carbocycles. The molecule has 0 radical (unpaired) electrons. The van der Waals surface area contributed by atoms with Crippen LogP contribution in [0, 0.1) is 10.1 Å². The summed E-state index contributed by atoms with van der Waals surface area (Å²) in [7, 11) is -1.29. The molecule has 0 N–H and O–H groups in total. The summed E-state index contributed by atoms with van der Waals surface area (Å²) in [4.78, 5) is 11.9. The van der Waals surface area contributed by atoms with Crippen LogP contribution in [-0.2, 0) is 16.4 Å². The van der Waals surface area contributed by atoms with Crippen LogP contribution in [-0.4, -0.2) is 43.8 Å². The van der Waals surface area contributed by atoms with E-state index < -0.39 is 14.8 Å². The molecule has 0 saturated heterocycles. The van der Waals surface area contributed by atoms with Crippen molar-refractivity contribution in [3.8, 4) is 0 Å². The molecule has 8 heteroatoms. The Labute approximate surface area is 117 Å². The Morgan fingerprint density at radius 3 is 2.58 bits per heavy atom. The van der Waals surface area contributed by atoms with E-state index in [-0.39, 0.29) is 11.4 Å². The van der Waals surface area contributed by atoms with Gasteiger partial charge in [0.15, 0.2) is 0 Å². The molecule has 0 heterocycles. The molecule has 0 fully saturated rings. The van der Waals surface area contributed by atoms with Crippen molar-refractivity contribution in [1.29, 1.82) is 0 Å². The molecule has 0 amide bonds. The van der Waals surface area contributed by atoms with Crippen LogP contribution in [0.1, 0.15) is 5.56 Å². The minimum atomic E-state index is -3.03. The van der Waals surface area contributed by atoms with Gasteiger partial charge >= 0.3 is 0 Å². The maximum absolute atomic E-state index is 11.1. The minimum absolute atomic E-state index is 0.0316. The second kappa shape index (κ2) is 6.31. The van der Waals surface area contributed by atoms with Gasteiger partial charge in [-0.05, 0) is 18.7 Å². The van der Waals surface area contributed by atoms with Crippen LogP contribution >= 0.6 is 11.6 Å². The average molecular weight is 307 g/mol. The molecule has 1 aromatic carbocycles. The predicted octanol–water partition coefficient (Wildman–Crippen LogP) is 1.72. The Kier molecular flexibility index (Phi) is 5.28. The normalized spacial score (nSPS) is 11.8. The molecule has 106 valence electrons. The van der Waals surface area contributed by atoms with E-state index in [1.54, 1.807) is 11.9 Å². The van der Waals surface area contributed by atoms with Crippen molar-refractivity contribution in [2.24, 2.45) is 0 Å². The number of benzene rings is 1. The van der Waals surface area contributed by atoms with E-state index in [1.165, 1.54) is 24.5 Å². The summed E-state index contributed by atoms with van der Waals surface area (Å²) < 4.78 is 22.1. The van der Waals surface area contributed by atoms with E-state index in [9.17, 15) is 18.5 Å². The number of hydrogen-bond donors (Lipinski definition) is 0. The lowest BCUT2D eigenvalue weighted by atomic mass is 10.2. The van der Waals surface area contributed by atoms with Crippen molar-refractivity contribution in [1.82, 2.24) is 4.90 Å². The highest BCUT2D eigenvalue weighted by atomic mass is 35.5. The van der Waals surface area contributed by atoms with Crippen LogP contribution < -0.4 is 0 Å². The lowest BCUT2D eigenvalue weighted by Crippen LogP contribution is -2.25. The lowest BCUT2D eigenvalue weighted by molar-refractivity contribution is -0.384. The largest absolute Gasteiger partial charge is 0.301 e. The predicted molar refractivity (Wildman–Crippen MR) is 74.2 cm³/mol. The van der Waals surface area contributed by atoms with Gasteiger partial charge in [-0.2, -0.15) is 0 Å². The van der Waals surface area contributed by atoms with Crippen LogP contribution in [0.4, 0.5) is 5.69 Å². The van der Waals surface area contributed by atoms with Gasteiger partial charge in [-0.3, -0.25) is 10.1 Å². The molecule has 1 aromatic rings. The van der Waals surface area contributed by atoms with Gasteiger partial charge < -0.3 is 4.90 Å². The van der Waals surface area contributed by atoms with Gasteiger partial charge in [0.05, 0.1) is 10.7 Å². The van der Waals surface area contributed by atoms with Crippen molar-refractivity contribution in [2.45, 2.75) is 6.54 Å². The molecule has 0 atom stereocenters. The van der Waals surface area contributed by atoms with Gasteiger partial charge in [0.2, 0.25) is 0 Å². The maximum atomic E-state index is 11.1. The Morgan fingerprint density at radius 1 is 1.42 bits per heavy atom. The van der Waals surface area contributed by atoms with Crippen LogP contribution in [0.15, 0.2) is 18.2 Å². The van der Waals surface area contributed by atoms with Gasteiger partial charge in [-0.15, -0.1) is 0 Å². The van der Waals surface area contributed by atoms with E-state index in [2.05, 4.69) is 0 Å². The molecular formula is C11H15ClN2O4S. The van der Waals surface area contributed by atoms with Crippen LogP contribution in [0.3, 0.4) is 0 Å². The molecule has 0 aromatic heterocycles. The van der Waals surface area contributed by atoms with E-state index in [4.69, 9.17) is 11.6 Å². The molecule has 1 rings (SSSR count). The first-order chi connectivity index (χ1) is 8.69. The SMILES string of the molecule is CN(CCS(C)(=O)=O)Cc1cc([N+](=O)[O-])ccc1Cl. The van der Waals surface area contributed by atoms with Crippen LogP contribution in [0.2, 0.25) is 5.02 Å². The van der Waals surface area contributed by atoms with E-state index in [1.807, 2.05) is 0 Å². The molecule has 0 aliphatic heterocycles. The van der Waals surface area contributed by atoms with Crippen LogP contribution in [0.5, 0.6) is 0 Å². The Bertz CT molecular complexity index is 574. The van der Waals surface area contributed by atoms with Crippen LogP contribution in [0.25, 0.3) is 0 Å². The van der Waals surface area contributed by atoms with Crippen molar-refractivity contribution in [3.63, 3.8) is 0 Å². The minimum Gasteiger partial charge on any atom is -0.301 e. The first kappa shape index (κ1) is 15.9. The fourth-order valence-corrected chi connectivity index (χ4v) is 2.31. The van der Waals surface area contributed by atoms with Gasteiger partial charge in [0.1, 0.15) is 9.84 Å². The quantitative estimate of drug-likeness (QED) is 0.590. The summed E-state index contributed by atoms with van der Waals surface area (Å²) in [6, 6.07) is 4.21. The molecule has 0 aliphatic rings. The molecular weight excluding hydrogens is 292 g/mol. The van der Waals surface area contributed by atoms with Gasteiger partial charge in [-0.1, -0.05) is 11.6 Å². The monoisotopic (exact) mass is 306 g/mol. The number of nitro groups is 1. The number of rotatable bonds is 6. The van der Waals surface area contributed by atoms with Gasteiger partial charge in [0.25, 0.3) is 5.69 Å². The summed E-state index contributed by atoms with van der Waals surface area (Å²) in [5.74, 6) is 0.0377. The number of nitro benzene ring substituents is 1. The summed E-state index contributed by atoms with van der Waals surface area (Å²) >= 11 is 5.97. The van der Waals surface area contributed by atoms with E-state index in [0.717, 1.165) is 0 Å². The van der Waals surface area contributed by atoms with Crippen molar-refractivity contribution >= 4 is 27.1 Å². The highest BCUT2D eigenvalue weighted by Crippen LogP contribution is 2.23. The third kappa shape index (κ3) is 5.54. The topological polar surface area (TPSA) is 80.5 Å². The number of halogens is 1. The summed E-state index contributed by atoms with van der Waals surface area (Å²) in [6.45, 7) is 0.702. The fraction of sp³-hybridized carbons (Fsp3) is 0.455. The lowest BCUT2D eigenvalue weighted by Gasteiger charge is -2.16. The summed E-state index contributed by atoms with van der Waals surface area (Å²) in [5.41, 5.74) is 0.572. The number of nitrogens with zero attached hydrogens (tertiary/aromatic N) is 2. The third-order valence-electron chi connectivity index (χ3n) is 2.52.